The second-order valence-corrected chi connectivity index (χ2v) is 21.2. The molecule has 15 nitrogen and oxygen atoms in total. The first-order valence-electron chi connectivity index (χ1n) is 22.3. The van der Waals surface area contributed by atoms with E-state index in [1.807, 2.05) is 48.5 Å². The highest BCUT2D eigenvalue weighted by molar-refractivity contribution is 7.54. The summed E-state index contributed by atoms with van der Waals surface area (Å²) in [4.78, 5) is 93.5. The molecule has 0 saturated carbocycles. The van der Waals surface area contributed by atoms with E-state index < -0.39 is 96.7 Å². The minimum Gasteiger partial charge on any atom is -0.438 e. The minimum absolute atomic E-state index is 0.0158. The van der Waals surface area contributed by atoms with Gasteiger partial charge in [-0.2, -0.15) is 8.78 Å². The monoisotopic (exact) mass is 963 g/mol. The molecule has 0 aliphatic carbocycles. The van der Waals surface area contributed by atoms with Crippen molar-refractivity contribution in [3.05, 3.63) is 107 Å². The first-order chi connectivity index (χ1) is 31.8. The number of nitrogens with zero attached hydrogens (tertiary/aromatic N) is 1. The second-order valence-electron chi connectivity index (χ2n) is 19.1. The quantitative estimate of drug-likeness (QED) is 0.0451. The molecule has 0 bridgehead atoms. The minimum atomic E-state index is -5.57. The number of esters is 2. The van der Waals surface area contributed by atoms with Crippen LogP contribution in [0.1, 0.15) is 108 Å². The molecule has 3 atom stereocenters. The number of hydrogen-bond donors (Lipinski definition) is 2. The van der Waals surface area contributed by atoms with Crippen LogP contribution in [-0.4, -0.2) is 66.9 Å². The number of carbonyl (C=O) groups excluding carboxylic acids is 7. The number of nitrogens with one attached hydrogen (secondary N) is 1. The molecular formula is C50H60F2N3O12P. The van der Waals surface area contributed by atoms with E-state index in [4.69, 9.17) is 24.3 Å². The van der Waals surface area contributed by atoms with E-state index >= 15 is 8.78 Å². The molecule has 0 spiro atoms. The summed E-state index contributed by atoms with van der Waals surface area (Å²) in [5.41, 5.74) is 1.96. The molecule has 18 heteroatoms. The average molecular weight is 964 g/mol. The molecule has 3 aromatic rings. The van der Waals surface area contributed by atoms with Crippen molar-refractivity contribution in [2.75, 3.05) is 18.5 Å². The van der Waals surface area contributed by atoms with Crippen molar-refractivity contribution in [2.45, 2.75) is 118 Å². The number of Topliss-reactive ketones (excluding diaryl/α,β-unsaturated/α-hetero) is 1. The van der Waals surface area contributed by atoms with E-state index in [-0.39, 0.29) is 44.3 Å². The Bertz CT molecular complexity index is 2430. The number of ketones is 2. The van der Waals surface area contributed by atoms with E-state index in [0.717, 1.165) is 28.8 Å². The molecule has 2 aliphatic rings. The Labute approximate surface area is 395 Å². The Balaban J connectivity index is 1.30. The van der Waals surface area contributed by atoms with Crippen molar-refractivity contribution in [1.82, 2.24) is 5.32 Å². The Morgan fingerprint density at radius 1 is 0.838 bits per heavy atom. The molecule has 3 N–H and O–H groups in total. The number of ether oxygens (including phenoxy) is 2. The molecule has 0 radical (unpaired) electrons. The third-order valence-corrected chi connectivity index (χ3v) is 13.5. The summed E-state index contributed by atoms with van der Waals surface area (Å²) in [5, 5.41) is 2.81. The molecule has 0 aromatic heterocycles. The lowest BCUT2D eigenvalue weighted by Crippen LogP contribution is -2.53. The number of hydrogen-bond acceptors (Lipinski definition) is 12. The number of para-hydroxylation sites is 1. The largest absolute Gasteiger partial charge is 0.438 e. The van der Waals surface area contributed by atoms with E-state index in [2.05, 4.69) is 5.32 Å². The van der Waals surface area contributed by atoms with Crippen molar-refractivity contribution in [3.8, 4) is 0 Å². The second kappa shape index (κ2) is 22.0. The van der Waals surface area contributed by atoms with Gasteiger partial charge in [0.15, 0.2) is 11.6 Å². The fourth-order valence-corrected chi connectivity index (χ4v) is 8.94. The number of halogens is 2. The zero-order chi connectivity index (χ0) is 50.2. The number of carbonyl (C=O) groups is 7. The predicted octanol–water partition coefficient (Wildman–Crippen LogP) is 7.89. The highest BCUT2D eigenvalue weighted by Gasteiger charge is 2.56. The fourth-order valence-electron chi connectivity index (χ4n) is 7.69. The maximum atomic E-state index is 16.1. The average Bonchev–Trinajstić information content (AvgIpc) is 3.62. The van der Waals surface area contributed by atoms with Crippen LogP contribution in [0.15, 0.2) is 78.9 Å². The third kappa shape index (κ3) is 13.2. The fraction of sp³-hybridized carbons (Fsp3) is 0.460. The van der Waals surface area contributed by atoms with Gasteiger partial charge in [-0.15, -0.1) is 0 Å². The van der Waals surface area contributed by atoms with Gasteiger partial charge in [0.05, 0.1) is 22.6 Å². The summed E-state index contributed by atoms with van der Waals surface area (Å²) in [6.07, 6.45) is 2.29. The third-order valence-electron chi connectivity index (χ3n) is 11.6. The van der Waals surface area contributed by atoms with Crippen LogP contribution in [-0.2, 0) is 81.6 Å². The lowest BCUT2D eigenvalue weighted by atomic mass is 9.92. The van der Waals surface area contributed by atoms with Gasteiger partial charge in [-0.05, 0) is 108 Å². The number of benzene rings is 3. The van der Waals surface area contributed by atoms with Crippen molar-refractivity contribution in [2.24, 2.45) is 22.5 Å². The Hall–Kier alpha value is -5.90. The van der Waals surface area contributed by atoms with Crippen LogP contribution in [0.2, 0.25) is 0 Å². The van der Waals surface area contributed by atoms with E-state index in [1.165, 1.54) is 64.7 Å². The van der Waals surface area contributed by atoms with Gasteiger partial charge >= 0.3 is 25.2 Å². The van der Waals surface area contributed by atoms with E-state index in [0.29, 0.717) is 29.7 Å². The van der Waals surface area contributed by atoms with Crippen LogP contribution in [0.4, 0.5) is 14.5 Å². The van der Waals surface area contributed by atoms with Gasteiger partial charge in [-0.1, -0.05) is 72.8 Å². The zero-order valence-corrected chi connectivity index (χ0v) is 40.3. The molecule has 366 valence electrons. The first kappa shape index (κ1) is 53.1. The predicted molar refractivity (Wildman–Crippen MR) is 248 cm³/mol. The van der Waals surface area contributed by atoms with Gasteiger partial charge in [-0.3, -0.25) is 52.1 Å². The number of amides is 3. The molecule has 3 amide bonds. The highest BCUT2D eigenvalue weighted by atomic mass is 31.2. The van der Waals surface area contributed by atoms with E-state index in [9.17, 15) is 38.1 Å². The molecule has 0 saturated heterocycles. The summed E-state index contributed by atoms with van der Waals surface area (Å²) in [7, 11) is -5.57. The van der Waals surface area contributed by atoms with Crippen LogP contribution in [0, 0.1) is 16.7 Å². The standard InChI is InChI=1S/C50H60F2N3O12P/c1-31(33-19-21-37(22-20-33)50(51,52)68(63,66-29-64-46(61)48(2,3)4)67-30-65-47(62)49(5,6)7)26-38(56)27-36-18-17-34-14-11-15-35-28-40(55(43(34)35)45(36)60)44(59)54-39(23-25-42(53)58)41(57)24-16-32-12-9-8-10-13-32/h8-15,19-22,26,36,39-40H,16-18,23-25,27-30H2,1-7H3,(H2,53,58)(H,54,59)/b31-26+/t36-,39+,40+/m1/s1. The maximum absolute atomic E-state index is 16.1. The molecule has 68 heavy (non-hydrogen) atoms. The number of rotatable bonds is 21. The summed E-state index contributed by atoms with van der Waals surface area (Å²) in [6, 6.07) is 17.2. The van der Waals surface area contributed by atoms with Crippen LogP contribution in [0.3, 0.4) is 0 Å². The van der Waals surface area contributed by atoms with Crippen LogP contribution >= 0.6 is 7.60 Å². The lowest BCUT2D eigenvalue weighted by molar-refractivity contribution is -0.163. The van der Waals surface area contributed by atoms with Gasteiger partial charge in [0.2, 0.25) is 31.3 Å². The van der Waals surface area contributed by atoms with Gasteiger partial charge in [0.25, 0.3) is 0 Å². The number of alkyl halides is 2. The number of primary amides is 1. The van der Waals surface area contributed by atoms with Crippen LogP contribution < -0.4 is 16.0 Å². The molecule has 2 heterocycles. The van der Waals surface area contributed by atoms with Gasteiger partial charge in [0.1, 0.15) is 6.04 Å². The number of anilines is 1. The van der Waals surface area contributed by atoms with Gasteiger partial charge < -0.3 is 20.5 Å². The number of allylic oxidation sites excluding steroid dienone is 2. The molecule has 2 aliphatic heterocycles. The summed E-state index contributed by atoms with van der Waals surface area (Å²) < 4.78 is 65.7. The number of nitrogens with two attached hydrogens (primary N) is 1. The summed E-state index contributed by atoms with van der Waals surface area (Å²) in [5.74, 6) is -4.90. The SMILES string of the molecule is C/C(=C\C(=O)C[C@H]1CCc2cccc3c2N(C1=O)[C@H](C(=O)N[C@@H](CCC(N)=O)C(=O)CCc1ccccc1)C3)c1ccc(C(F)(F)P(=O)(OCOC(=O)C(C)(C)C)OCOC(=O)C(C)(C)C)cc1. The van der Waals surface area contributed by atoms with Crippen molar-refractivity contribution in [3.63, 3.8) is 0 Å². The zero-order valence-electron chi connectivity index (χ0n) is 39.4. The van der Waals surface area contributed by atoms with Crippen molar-refractivity contribution in [1.29, 1.82) is 0 Å². The van der Waals surface area contributed by atoms with Crippen LogP contribution in [0.5, 0.6) is 0 Å². The highest BCUT2D eigenvalue weighted by Crippen LogP contribution is 2.67. The maximum Gasteiger partial charge on any atom is 0.410 e. The smallest absolute Gasteiger partial charge is 0.410 e. The molecule has 3 aromatic carbocycles. The topological polar surface area (TPSA) is 215 Å². The molecule has 5 rings (SSSR count). The normalized spacial score (nSPS) is 16.9. The molecular weight excluding hydrogens is 904 g/mol. The van der Waals surface area contributed by atoms with Crippen LogP contribution in [0.25, 0.3) is 5.57 Å². The Morgan fingerprint density at radius 3 is 2.00 bits per heavy atom. The summed E-state index contributed by atoms with van der Waals surface area (Å²) in [6.45, 7) is 8.35. The molecule has 0 unspecified atom stereocenters. The van der Waals surface area contributed by atoms with Crippen molar-refractivity contribution >= 4 is 60.1 Å². The Kier molecular flexibility index (Phi) is 17.2. The molecule has 0 fully saturated rings. The van der Waals surface area contributed by atoms with Gasteiger partial charge in [-0.25, -0.2) is 0 Å². The Morgan fingerprint density at radius 2 is 1.43 bits per heavy atom. The number of aryl methyl sites for hydroxylation is 2. The summed E-state index contributed by atoms with van der Waals surface area (Å²) >= 11 is 0. The van der Waals surface area contributed by atoms with E-state index in [1.54, 1.807) is 6.92 Å². The first-order valence-corrected chi connectivity index (χ1v) is 23.9. The van der Waals surface area contributed by atoms with Gasteiger partial charge in [0, 0.05) is 37.2 Å². The van der Waals surface area contributed by atoms with Crippen molar-refractivity contribution < 1.29 is 65.4 Å². The lowest BCUT2D eigenvalue weighted by Gasteiger charge is -2.29.